The minimum Gasteiger partial charge on any atom is -0.386 e. The van der Waals surface area contributed by atoms with Gasteiger partial charge in [-0.1, -0.05) is 23.7 Å². The molecule has 0 amide bonds. The number of aromatic nitrogens is 1. The number of nitrogens with one attached hydrogen (secondary N) is 2. The summed E-state index contributed by atoms with van der Waals surface area (Å²) < 4.78 is 14.0. The zero-order valence-electron chi connectivity index (χ0n) is 16.2. The van der Waals surface area contributed by atoms with E-state index in [2.05, 4.69) is 20.6 Å². The van der Waals surface area contributed by atoms with E-state index in [9.17, 15) is 9.50 Å². The first kappa shape index (κ1) is 23.6. The molecule has 3 N–H and O–H groups in total. The number of nitrogens with zero attached hydrogens (tertiary/aromatic N) is 3. The largest absolute Gasteiger partial charge is 0.386 e. The second-order valence-electron chi connectivity index (χ2n) is 6.67. The van der Waals surface area contributed by atoms with E-state index in [1.165, 1.54) is 6.07 Å². The van der Waals surface area contributed by atoms with Crippen LogP contribution in [0.4, 0.5) is 10.2 Å². The molecule has 0 radical (unpaired) electrons. The zero-order chi connectivity index (χ0) is 19.9. The van der Waals surface area contributed by atoms with Crippen molar-refractivity contribution in [3.8, 4) is 0 Å². The molecule has 1 saturated heterocycles. The number of guanidine groups is 1. The summed E-state index contributed by atoms with van der Waals surface area (Å²) in [7, 11) is 0. The molecule has 2 aromatic rings. The Morgan fingerprint density at radius 2 is 2.14 bits per heavy atom. The molecule has 29 heavy (non-hydrogen) atoms. The van der Waals surface area contributed by atoms with Crippen molar-refractivity contribution in [1.82, 2.24) is 15.6 Å². The number of aliphatic hydroxyl groups excluding tert-OH is 1. The van der Waals surface area contributed by atoms with E-state index in [0.717, 1.165) is 18.5 Å². The second-order valence-corrected chi connectivity index (χ2v) is 7.11. The van der Waals surface area contributed by atoms with Crippen LogP contribution in [0.5, 0.6) is 0 Å². The molecule has 158 valence electrons. The van der Waals surface area contributed by atoms with Crippen molar-refractivity contribution in [2.45, 2.75) is 25.5 Å². The van der Waals surface area contributed by atoms with Crippen molar-refractivity contribution in [1.29, 1.82) is 0 Å². The summed E-state index contributed by atoms with van der Waals surface area (Å²) in [6, 6.07) is 10.2. The fraction of sp³-hybridized carbons (Fsp3) is 0.400. The van der Waals surface area contributed by atoms with Crippen molar-refractivity contribution >= 4 is 47.4 Å². The second kappa shape index (κ2) is 11.5. The Balaban J connectivity index is 0.00000300. The van der Waals surface area contributed by atoms with E-state index >= 15 is 0 Å². The highest BCUT2D eigenvalue weighted by molar-refractivity contribution is 14.0. The summed E-state index contributed by atoms with van der Waals surface area (Å²) in [6.45, 7) is 4.27. The molecule has 2 unspecified atom stereocenters. The number of aliphatic imine (C=N–C) groups is 1. The number of pyridine rings is 1. The number of hydrogen-bond acceptors (Lipinski definition) is 4. The summed E-state index contributed by atoms with van der Waals surface area (Å²) >= 11 is 5.88. The molecule has 1 aromatic carbocycles. The molecule has 0 saturated carbocycles. The predicted molar refractivity (Wildman–Crippen MR) is 126 cm³/mol. The maximum absolute atomic E-state index is 14.0. The minimum absolute atomic E-state index is 0. The van der Waals surface area contributed by atoms with Crippen LogP contribution >= 0.6 is 35.6 Å². The van der Waals surface area contributed by atoms with Crippen molar-refractivity contribution in [2.75, 3.05) is 31.1 Å². The van der Waals surface area contributed by atoms with Crippen LogP contribution in [0, 0.1) is 5.82 Å². The Labute approximate surface area is 192 Å². The van der Waals surface area contributed by atoms with E-state index in [4.69, 9.17) is 11.6 Å². The SMILES string of the molecule is CCNC(=NCC(O)c1ccc(Cl)cc1)NC1CCN(c2ncccc2F)C1.I. The maximum atomic E-state index is 14.0. The molecular formula is C20H26ClFIN5O. The first-order valence-electron chi connectivity index (χ1n) is 9.40. The lowest BCUT2D eigenvalue weighted by Gasteiger charge is -2.20. The average Bonchev–Trinajstić information content (AvgIpc) is 3.15. The molecule has 0 bridgehead atoms. The molecule has 6 nitrogen and oxygen atoms in total. The molecule has 3 rings (SSSR count). The molecule has 0 aliphatic carbocycles. The van der Waals surface area contributed by atoms with E-state index in [1.807, 2.05) is 11.8 Å². The molecular weight excluding hydrogens is 508 g/mol. The Morgan fingerprint density at radius 3 is 2.83 bits per heavy atom. The van der Waals surface area contributed by atoms with Gasteiger partial charge in [-0.3, -0.25) is 4.99 Å². The summed E-state index contributed by atoms with van der Waals surface area (Å²) in [4.78, 5) is 10.6. The highest BCUT2D eigenvalue weighted by Gasteiger charge is 2.26. The van der Waals surface area contributed by atoms with Gasteiger partial charge >= 0.3 is 0 Å². The summed E-state index contributed by atoms with van der Waals surface area (Å²) in [6.07, 6.45) is 1.73. The van der Waals surface area contributed by atoms with Crippen LogP contribution in [0.1, 0.15) is 25.0 Å². The highest BCUT2D eigenvalue weighted by Crippen LogP contribution is 2.21. The van der Waals surface area contributed by atoms with Crippen LogP contribution in [0.25, 0.3) is 0 Å². The van der Waals surface area contributed by atoms with Gasteiger partial charge in [0.25, 0.3) is 0 Å². The topological polar surface area (TPSA) is 72.8 Å². The number of aliphatic hydroxyl groups is 1. The third-order valence-electron chi connectivity index (χ3n) is 4.59. The lowest BCUT2D eigenvalue weighted by Crippen LogP contribution is -2.45. The van der Waals surface area contributed by atoms with Gasteiger partial charge in [0, 0.05) is 36.9 Å². The van der Waals surface area contributed by atoms with Gasteiger partial charge in [0.1, 0.15) is 0 Å². The monoisotopic (exact) mass is 533 g/mol. The van der Waals surface area contributed by atoms with Gasteiger partial charge in [-0.15, -0.1) is 24.0 Å². The summed E-state index contributed by atoms with van der Waals surface area (Å²) in [5.41, 5.74) is 0.765. The Morgan fingerprint density at radius 1 is 1.38 bits per heavy atom. The van der Waals surface area contributed by atoms with Gasteiger partial charge in [0.2, 0.25) is 0 Å². The Kier molecular flexibility index (Phi) is 9.38. The molecule has 2 atom stereocenters. The van der Waals surface area contributed by atoms with Crippen LogP contribution in [0.15, 0.2) is 47.6 Å². The highest BCUT2D eigenvalue weighted by atomic mass is 127. The van der Waals surface area contributed by atoms with Crippen LogP contribution in [0.3, 0.4) is 0 Å². The van der Waals surface area contributed by atoms with Crippen LogP contribution in [-0.2, 0) is 0 Å². The minimum atomic E-state index is -0.713. The van der Waals surface area contributed by atoms with Gasteiger partial charge < -0.3 is 20.6 Å². The third kappa shape index (κ3) is 6.68. The lowest BCUT2D eigenvalue weighted by atomic mass is 10.1. The van der Waals surface area contributed by atoms with Crippen LogP contribution < -0.4 is 15.5 Å². The van der Waals surface area contributed by atoms with Gasteiger partial charge in [-0.25, -0.2) is 9.37 Å². The lowest BCUT2D eigenvalue weighted by molar-refractivity contribution is 0.187. The Hall–Kier alpha value is -1.65. The third-order valence-corrected chi connectivity index (χ3v) is 4.84. The standard InChI is InChI=1S/C20H25ClFN5O.HI/c1-2-23-20(25-12-18(28)14-5-7-15(21)8-6-14)26-16-9-11-27(13-16)19-17(22)4-3-10-24-19;/h3-8,10,16,18,28H,2,9,11-13H2,1H3,(H2,23,25,26);1H. The summed E-state index contributed by atoms with van der Waals surface area (Å²) in [5, 5.41) is 17.5. The van der Waals surface area contributed by atoms with Gasteiger partial charge in [0.05, 0.1) is 12.6 Å². The van der Waals surface area contributed by atoms with Crippen molar-refractivity contribution in [2.24, 2.45) is 4.99 Å². The molecule has 1 aliphatic heterocycles. The number of hydrogen-bond donors (Lipinski definition) is 3. The molecule has 2 heterocycles. The average molecular weight is 534 g/mol. The van der Waals surface area contributed by atoms with E-state index in [-0.39, 0.29) is 42.4 Å². The summed E-state index contributed by atoms with van der Waals surface area (Å²) in [5.74, 6) is 0.700. The molecule has 1 aliphatic rings. The predicted octanol–water partition coefficient (Wildman–Crippen LogP) is 3.36. The number of halogens is 3. The van der Waals surface area contributed by atoms with E-state index < -0.39 is 6.10 Å². The van der Waals surface area contributed by atoms with Gasteiger partial charge in [0.15, 0.2) is 17.6 Å². The normalized spacial score (nSPS) is 17.6. The molecule has 1 fully saturated rings. The number of anilines is 1. The van der Waals surface area contributed by atoms with Crippen molar-refractivity contribution in [3.63, 3.8) is 0 Å². The quantitative estimate of drug-likeness (QED) is 0.302. The van der Waals surface area contributed by atoms with Gasteiger partial charge in [-0.05, 0) is 43.2 Å². The molecule has 9 heteroatoms. The fourth-order valence-corrected chi connectivity index (χ4v) is 3.29. The molecule has 0 spiro atoms. The van der Waals surface area contributed by atoms with Crippen LogP contribution in [0.2, 0.25) is 5.02 Å². The first-order valence-corrected chi connectivity index (χ1v) is 9.78. The van der Waals surface area contributed by atoms with Crippen LogP contribution in [-0.4, -0.2) is 48.3 Å². The smallest absolute Gasteiger partial charge is 0.191 e. The van der Waals surface area contributed by atoms with E-state index in [1.54, 1.807) is 36.5 Å². The molecule has 1 aromatic heterocycles. The van der Waals surface area contributed by atoms with Crippen molar-refractivity contribution in [3.05, 3.63) is 59.0 Å². The first-order chi connectivity index (χ1) is 13.6. The fourth-order valence-electron chi connectivity index (χ4n) is 3.16. The van der Waals surface area contributed by atoms with Crippen molar-refractivity contribution < 1.29 is 9.50 Å². The van der Waals surface area contributed by atoms with Gasteiger partial charge in [-0.2, -0.15) is 0 Å². The zero-order valence-corrected chi connectivity index (χ0v) is 19.3. The number of rotatable bonds is 6. The van der Waals surface area contributed by atoms with E-state index in [0.29, 0.717) is 29.9 Å². The number of benzene rings is 1. The Bertz CT molecular complexity index is 808. The maximum Gasteiger partial charge on any atom is 0.191 e.